The molecule has 3 aliphatic rings. The lowest BCUT2D eigenvalue weighted by Crippen LogP contribution is -2.36. The van der Waals surface area contributed by atoms with Crippen LogP contribution >= 0.6 is 15.9 Å². The number of pyridine rings is 1. The number of halogens is 2. The van der Waals surface area contributed by atoms with E-state index in [1.807, 2.05) is 0 Å². The third-order valence-corrected chi connectivity index (χ3v) is 10.0. The Morgan fingerprint density at radius 1 is 1.09 bits per heavy atom. The summed E-state index contributed by atoms with van der Waals surface area (Å²) in [5.41, 5.74) is 2.02. The average Bonchev–Trinajstić information content (AvgIpc) is 3.70. The zero-order valence-corrected chi connectivity index (χ0v) is 20.7. The van der Waals surface area contributed by atoms with Crippen molar-refractivity contribution in [3.8, 4) is 0 Å². The third-order valence-electron chi connectivity index (χ3n) is 7.26. The number of piperidine rings is 1. The first-order chi connectivity index (χ1) is 15.6. The fourth-order valence-electron chi connectivity index (χ4n) is 4.34. The van der Waals surface area contributed by atoms with E-state index in [1.54, 1.807) is 25.1 Å². The van der Waals surface area contributed by atoms with E-state index in [9.17, 15) is 17.6 Å². The summed E-state index contributed by atoms with van der Waals surface area (Å²) >= 11 is 3.03. The summed E-state index contributed by atoms with van der Waals surface area (Å²) in [6.07, 6.45) is 5.94. The number of hydrogen-bond donors (Lipinski definition) is 2. The quantitative estimate of drug-likeness (QED) is 0.511. The number of nitrogens with one attached hydrogen (secondary N) is 2. The molecule has 0 bridgehead atoms. The summed E-state index contributed by atoms with van der Waals surface area (Å²) in [6.45, 7) is 3.37. The smallest absolute Gasteiger partial charge is 0.258 e. The number of anilines is 3. The topological polar surface area (TPSA) is 91.4 Å². The van der Waals surface area contributed by atoms with Crippen molar-refractivity contribution < 1.29 is 17.6 Å². The molecule has 1 aliphatic heterocycles. The second kappa shape index (κ2) is 7.94. The van der Waals surface area contributed by atoms with Gasteiger partial charge < -0.3 is 10.2 Å². The van der Waals surface area contributed by atoms with Crippen LogP contribution in [0.1, 0.15) is 55.8 Å². The Bertz CT molecular complexity index is 1220. The van der Waals surface area contributed by atoms with E-state index in [4.69, 9.17) is 0 Å². The Morgan fingerprint density at radius 3 is 2.39 bits per heavy atom. The first-order valence-electron chi connectivity index (χ1n) is 11.1. The van der Waals surface area contributed by atoms with Crippen LogP contribution in [0.25, 0.3) is 0 Å². The maximum atomic E-state index is 13.5. The van der Waals surface area contributed by atoms with Crippen molar-refractivity contribution in [1.29, 1.82) is 0 Å². The summed E-state index contributed by atoms with van der Waals surface area (Å²) < 4.78 is 41.0. The van der Waals surface area contributed by atoms with E-state index < -0.39 is 20.6 Å². The number of aromatic nitrogens is 1. The number of nitrogens with zero attached hydrogens (tertiary/aromatic N) is 2. The van der Waals surface area contributed by atoms with Gasteiger partial charge in [-0.25, -0.2) is 17.8 Å². The molecule has 2 aliphatic carbocycles. The van der Waals surface area contributed by atoms with E-state index in [0.29, 0.717) is 35.2 Å². The molecule has 1 aromatic carbocycles. The molecule has 5 rings (SSSR count). The minimum atomic E-state index is -3.51. The molecule has 0 atom stereocenters. The van der Waals surface area contributed by atoms with E-state index in [2.05, 4.69) is 35.9 Å². The average molecular weight is 537 g/mol. The first-order valence-corrected chi connectivity index (χ1v) is 13.4. The summed E-state index contributed by atoms with van der Waals surface area (Å²) in [5.74, 6) is -0.676. The van der Waals surface area contributed by atoms with Gasteiger partial charge in [0, 0.05) is 13.1 Å². The van der Waals surface area contributed by atoms with Crippen molar-refractivity contribution in [1.82, 2.24) is 4.98 Å². The highest BCUT2D eigenvalue weighted by atomic mass is 79.9. The molecular weight excluding hydrogens is 511 g/mol. The molecule has 0 radical (unpaired) electrons. The zero-order valence-electron chi connectivity index (χ0n) is 18.3. The summed E-state index contributed by atoms with van der Waals surface area (Å²) in [6, 6.07) is 7.62. The maximum absolute atomic E-state index is 13.5. The number of benzene rings is 1. The molecule has 33 heavy (non-hydrogen) atoms. The molecule has 1 saturated heterocycles. The minimum absolute atomic E-state index is 0.0182. The fraction of sp³-hybridized carbons (Fsp3) is 0.478. The van der Waals surface area contributed by atoms with Crippen LogP contribution < -0.4 is 14.9 Å². The van der Waals surface area contributed by atoms with Crippen LogP contribution in [0, 0.1) is 11.2 Å². The second-order valence-electron chi connectivity index (χ2n) is 9.70. The molecular formula is C23H26BrFN4O3S. The maximum Gasteiger partial charge on any atom is 0.258 e. The van der Waals surface area contributed by atoms with Crippen LogP contribution in [0.15, 0.2) is 34.9 Å². The first kappa shape index (κ1) is 22.6. The number of carbonyl (C=O) groups is 1. The monoisotopic (exact) mass is 536 g/mol. The van der Waals surface area contributed by atoms with Crippen LogP contribution in [0.5, 0.6) is 0 Å². The highest BCUT2D eigenvalue weighted by molar-refractivity contribution is 9.10. The van der Waals surface area contributed by atoms with E-state index in [0.717, 1.165) is 25.9 Å². The number of sulfonamides is 1. The van der Waals surface area contributed by atoms with Gasteiger partial charge in [-0.05, 0) is 97.1 Å². The van der Waals surface area contributed by atoms with Crippen molar-refractivity contribution in [3.05, 3.63) is 46.3 Å². The van der Waals surface area contributed by atoms with Crippen molar-refractivity contribution in [2.75, 3.05) is 28.0 Å². The molecule has 1 amide bonds. The van der Waals surface area contributed by atoms with Gasteiger partial charge in [-0.2, -0.15) is 0 Å². The van der Waals surface area contributed by atoms with Gasteiger partial charge in [0.05, 0.1) is 21.7 Å². The van der Waals surface area contributed by atoms with E-state index in [-0.39, 0.29) is 16.3 Å². The van der Waals surface area contributed by atoms with Crippen molar-refractivity contribution in [2.45, 2.75) is 50.2 Å². The Hall–Kier alpha value is -2.20. The van der Waals surface area contributed by atoms with Crippen LogP contribution in [0.4, 0.5) is 21.6 Å². The molecule has 7 nitrogen and oxygen atoms in total. The molecule has 0 unspecified atom stereocenters. The lowest BCUT2D eigenvalue weighted by Gasteiger charge is -2.35. The Morgan fingerprint density at radius 2 is 1.79 bits per heavy atom. The van der Waals surface area contributed by atoms with Gasteiger partial charge >= 0.3 is 0 Å². The Labute approximate surface area is 201 Å². The normalized spacial score (nSPS) is 20.4. The van der Waals surface area contributed by atoms with Crippen LogP contribution in [0.2, 0.25) is 0 Å². The van der Waals surface area contributed by atoms with Crippen LogP contribution in [-0.4, -0.2) is 37.1 Å². The molecule has 2 heterocycles. The predicted octanol–water partition coefficient (Wildman–Crippen LogP) is 4.91. The molecule has 2 aromatic rings. The molecule has 1 aromatic heterocycles. The summed E-state index contributed by atoms with van der Waals surface area (Å²) in [5, 5.41) is 2.72. The number of hydrogen-bond acceptors (Lipinski definition) is 5. The summed E-state index contributed by atoms with van der Waals surface area (Å²) in [7, 11) is -3.51. The van der Waals surface area contributed by atoms with Gasteiger partial charge in [0.2, 0.25) is 10.0 Å². The largest absolute Gasteiger partial charge is 0.371 e. The summed E-state index contributed by atoms with van der Waals surface area (Å²) in [4.78, 5) is 19.3. The van der Waals surface area contributed by atoms with Gasteiger partial charge in [0.15, 0.2) is 5.82 Å². The third kappa shape index (κ3) is 4.47. The van der Waals surface area contributed by atoms with Gasteiger partial charge in [-0.15, -0.1) is 0 Å². The molecule has 2 saturated carbocycles. The predicted molar refractivity (Wildman–Crippen MR) is 130 cm³/mol. The van der Waals surface area contributed by atoms with Crippen LogP contribution in [0.3, 0.4) is 0 Å². The van der Waals surface area contributed by atoms with Gasteiger partial charge in [-0.3, -0.25) is 9.52 Å². The highest BCUT2D eigenvalue weighted by Gasteiger charge is 2.50. The Kier molecular flexibility index (Phi) is 5.43. The SMILES string of the molecule is CC1(S(=O)(=O)Nc2ccc(C(=O)Nc3ccc(F)c(Br)n3)c(N3CCC4(CC3)CC4)c2)CC1. The van der Waals surface area contributed by atoms with Gasteiger partial charge in [0.1, 0.15) is 10.4 Å². The minimum Gasteiger partial charge on any atom is -0.371 e. The van der Waals surface area contributed by atoms with E-state index >= 15 is 0 Å². The standard InChI is InChI=1S/C23H26BrFN4O3S/c1-22(6-7-22)33(31,32)28-15-2-3-16(21(30)27-19-5-4-17(25)20(24)26-19)18(14-15)29-12-10-23(8-9-23)11-13-29/h2-5,14,28H,6-13H2,1H3,(H,26,27,30). The molecule has 3 fully saturated rings. The van der Waals surface area contributed by atoms with Gasteiger partial charge in [-0.1, -0.05) is 0 Å². The van der Waals surface area contributed by atoms with E-state index in [1.165, 1.54) is 25.0 Å². The molecule has 2 N–H and O–H groups in total. The fourth-order valence-corrected chi connectivity index (χ4v) is 5.99. The van der Waals surface area contributed by atoms with Crippen molar-refractivity contribution >= 4 is 49.1 Å². The zero-order chi connectivity index (χ0) is 23.4. The second-order valence-corrected chi connectivity index (χ2v) is 12.6. The number of carbonyl (C=O) groups excluding carboxylic acids is 1. The molecule has 10 heteroatoms. The molecule has 176 valence electrons. The number of amides is 1. The molecule has 1 spiro atoms. The highest BCUT2D eigenvalue weighted by Crippen LogP contribution is 2.54. The van der Waals surface area contributed by atoms with Gasteiger partial charge in [0.25, 0.3) is 5.91 Å². The van der Waals surface area contributed by atoms with Crippen LogP contribution in [-0.2, 0) is 10.0 Å². The lowest BCUT2D eigenvalue weighted by molar-refractivity contribution is 0.102. The Balaban J connectivity index is 1.44. The number of rotatable bonds is 6. The lowest BCUT2D eigenvalue weighted by atomic mass is 9.93. The van der Waals surface area contributed by atoms with Crippen molar-refractivity contribution in [2.24, 2.45) is 5.41 Å². The van der Waals surface area contributed by atoms with Crippen molar-refractivity contribution in [3.63, 3.8) is 0 Å².